The number of nitrogens with one attached hydrogen (secondary N) is 3. The van der Waals surface area contributed by atoms with E-state index in [2.05, 4.69) is 22.0 Å². The molecule has 2 heterocycles. The maximum absolute atomic E-state index is 13.6. The number of hydrogen-bond acceptors (Lipinski definition) is 7. The Balaban J connectivity index is 1.39. The highest BCUT2D eigenvalue weighted by Gasteiger charge is 2.35. The number of dihydropyridines is 1. The molecule has 1 aliphatic heterocycles. The molecule has 1 aromatic heterocycles. The third-order valence-electron chi connectivity index (χ3n) is 6.49. The summed E-state index contributed by atoms with van der Waals surface area (Å²) in [5.74, 6) is -0.482. The summed E-state index contributed by atoms with van der Waals surface area (Å²) in [6.07, 6.45) is 0. The van der Waals surface area contributed by atoms with Gasteiger partial charge in [0.25, 0.3) is 5.91 Å². The summed E-state index contributed by atoms with van der Waals surface area (Å²) in [6, 6.07) is 26.9. The van der Waals surface area contributed by atoms with Gasteiger partial charge < -0.3 is 20.7 Å². The quantitative estimate of drug-likeness (QED) is 0.222. The number of anilines is 2. The zero-order chi connectivity index (χ0) is 28.1. The molecule has 0 aliphatic carbocycles. The Hall–Kier alpha value is -4.52. The highest BCUT2D eigenvalue weighted by molar-refractivity contribution is 8.03. The van der Waals surface area contributed by atoms with E-state index in [1.807, 2.05) is 79.0 Å². The minimum atomic E-state index is -0.579. The third-order valence-corrected chi connectivity index (χ3v) is 8.44. The Morgan fingerprint density at radius 2 is 1.75 bits per heavy atom. The zero-order valence-corrected chi connectivity index (χ0v) is 23.5. The fourth-order valence-corrected chi connectivity index (χ4v) is 6.40. The zero-order valence-electron chi connectivity index (χ0n) is 21.9. The van der Waals surface area contributed by atoms with Crippen LogP contribution in [0, 0.1) is 11.3 Å². The van der Waals surface area contributed by atoms with Crippen LogP contribution in [0.3, 0.4) is 0 Å². The highest BCUT2D eigenvalue weighted by Crippen LogP contribution is 2.42. The van der Waals surface area contributed by atoms with Gasteiger partial charge in [-0.1, -0.05) is 66.4 Å². The van der Waals surface area contributed by atoms with Crippen molar-refractivity contribution in [1.29, 1.82) is 5.26 Å². The number of nitrogens with zero attached hydrogens (tertiary/aromatic N) is 1. The van der Waals surface area contributed by atoms with Crippen molar-refractivity contribution in [3.8, 4) is 11.8 Å². The number of nitriles is 1. The molecule has 4 aromatic rings. The van der Waals surface area contributed by atoms with Crippen LogP contribution in [0.1, 0.15) is 17.7 Å². The summed E-state index contributed by atoms with van der Waals surface area (Å²) in [7, 11) is 1.54. The van der Waals surface area contributed by atoms with Gasteiger partial charge in [-0.25, -0.2) is 0 Å². The Labute approximate surface area is 240 Å². The van der Waals surface area contributed by atoms with Gasteiger partial charge in [0.2, 0.25) is 5.91 Å². The molecule has 0 bridgehead atoms. The minimum Gasteiger partial charge on any atom is -0.495 e. The van der Waals surface area contributed by atoms with Crippen LogP contribution in [0.15, 0.2) is 106 Å². The van der Waals surface area contributed by atoms with Crippen LogP contribution in [-0.2, 0) is 9.59 Å². The largest absolute Gasteiger partial charge is 0.495 e. The maximum Gasteiger partial charge on any atom is 0.254 e. The van der Waals surface area contributed by atoms with Crippen LogP contribution in [0.4, 0.5) is 11.4 Å². The number of allylic oxidation sites excluding steroid dienone is 2. The lowest BCUT2D eigenvalue weighted by Crippen LogP contribution is -2.31. The Morgan fingerprint density at radius 3 is 2.52 bits per heavy atom. The number of thioether (sulfide) groups is 1. The van der Waals surface area contributed by atoms with E-state index >= 15 is 0 Å². The van der Waals surface area contributed by atoms with Gasteiger partial charge in [0.15, 0.2) is 0 Å². The lowest BCUT2D eigenvalue weighted by atomic mass is 9.86. The van der Waals surface area contributed by atoms with Crippen molar-refractivity contribution >= 4 is 57.1 Å². The van der Waals surface area contributed by atoms with Crippen LogP contribution < -0.4 is 20.7 Å². The second-order valence-electron chi connectivity index (χ2n) is 8.98. The van der Waals surface area contributed by atoms with Gasteiger partial charge in [0, 0.05) is 27.2 Å². The van der Waals surface area contributed by atoms with Crippen LogP contribution in [0.25, 0.3) is 10.8 Å². The molecule has 5 rings (SSSR count). The lowest BCUT2D eigenvalue weighted by Gasteiger charge is -2.29. The van der Waals surface area contributed by atoms with Crippen molar-refractivity contribution in [3.05, 3.63) is 111 Å². The minimum absolute atomic E-state index is 0.0872. The van der Waals surface area contributed by atoms with E-state index in [1.165, 1.54) is 23.1 Å². The number of hydrogen-bond donors (Lipinski definition) is 3. The average Bonchev–Trinajstić information content (AvgIpc) is 3.51. The monoisotopic (exact) mass is 566 g/mol. The number of carbonyl (C=O) groups excluding carboxylic acids is 2. The molecule has 0 unspecified atom stereocenters. The first-order valence-electron chi connectivity index (χ1n) is 12.5. The van der Waals surface area contributed by atoms with Gasteiger partial charge in [-0.3, -0.25) is 9.59 Å². The number of methoxy groups -OCH3 is 1. The van der Waals surface area contributed by atoms with Gasteiger partial charge >= 0.3 is 0 Å². The Morgan fingerprint density at radius 1 is 1.00 bits per heavy atom. The summed E-state index contributed by atoms with van der Waals surface area (Å²) >= 11 is 2.72. The molecule has 3 aromatic carbocycles. The molecular formula is C31H26N4O3S2. The first-order valence-corrected chi connectivity index (χ1v) is 14.4. The van der Waals surface area contributed by atoms with Gasteiger partial charge in [0.05, 0.1) is 41.1 Å². The average molecular weight is 567 g/mol. The summed E-state index contributed by atoms with van der Waals surface area (Å²) in [6.45, 7) is 1.81. The number of ether oxygens (including phenoxy) is 1. The molecule has 0 radical (unpaired) electrons. The smallest absolute Gasteiger partial charge is 0.254 e. The summed E-state index contributed by atoms with van der Waals surface area (Å²) in [5.41, 5.74) is 2.71. The van der Waals surface area contributed by atoms with Crippen molar-refractivity contribution in [3.63, 3.8) is 0 Å². The molecular weight excluding hydrogens is 541 g/mol. The van der Waals surface area contributed by atoms with Gasteiger partial charge in [-0.2, -0.15) is 5.26 Å². The van der Waals surface area contributed by atoms with Gasteiger partial charge in [-0.05, 0) is 42.0 Å². The predicted octanol–water partition coefficient (Wildman–Crippen LogP) is 6.62. The second kappa shape index (κ2) is 12.1. The van der Waals surface area contributed by atoms with Gasteiger partial charge in [0.1, 0.15) is 5.75 Å². The van der Waals surface area contributed by atoms with Crippen LogP contribution in [-0.4, -0.2) is 24.7 Å². The molecule has 0 spiro atoms. The number of rotatable bonds is 8. The molecule has 9 heteroatoms. The van der Waals surface area contributed by atoms with Gasteiger partial charge in [-0.15, -0.1) is 11.3 Å². The standard InChI is InChI=1S/C31H26N4O3S2/c1-19-28(30(37)35-24-12-5-6-14-25(24)38-2)29(26-15-8-16-39-26)22(17-32)31(33-19)40-18-27(36)34-23-13-7-10-20-9-3-4-11-21(20)23/h3-16,29,33H,18H2,1-2H3,(H,34,36)(H,35,37)/t29-/m0/s1. The van der Waals surface area contributed by atoms with E-state index in [0.29, 0.717) is 33.3 Å². The highest BCUT2D eigenvalue weighted by atomic mass is 32.2. The molecule has 3 N–H and O–H groups in total. The van der Waals surface area contributed by atoms with Crippen molar-refractivity contribution in [1.82, 2.24) is 5.32 Å². The van der Waals surface area contributed by atoms with Crippen LogP contribution in [0.2, 0.25) is 0 Å². The molecule has 40 heavy (non-hydrogen) atoms. The molecule has 2 amide bonds. The van der Waals surface area contributed by atoms with Crippen molar-refractivity contribution < 1.29 is 14.3 Å². The Bertz CT molecular complexity index is 1680. The van der Waals surface area contributed by atoms with E-state index in [-0.39, 0.29) is 17.6 Å². The van der Waals surface area contributed by atoms with E-state index < -0.39 is 5.92 Å². The maximum atomic E-state index is 13.6. The van der Waals surface area contributed by atoms with E-state index in [4.69, 9.17) is 4.74 Å². The fraction of sp³-hybridized carbons (Fsp3) is 0.129. The number of para-hydroxylation sites is 2. The molecule has 0 saturated heterocycles. The number of amides is 2. The summed E-state index contributed by atoms with van der Waals surface area (Å²) < 4.78 is 5.39. The number of carbonyl (C=O) groups is 2. The third kappa shape index (κ3) is 5.59. The summed E-state index contributed by atoms with van der Waals surface area (Å²) in [5, 5.41) is 23.9. The molecule has 7 nitrogen and oxygen atoms in total. The number of benzene rings is 3. The molecule has 200 valence electrons. The summed E-state index contributed by atoms with van der Waals surface area (Å²) in [4.78, 5) is 27.5. The fourth-order valence-electron chi connectivity index (χ4n) is 4.66. The van der Waals surface area contributed by atoms with Crippen molar-refractivity contribution in [2.24, 2.45) is 0 Å². The number of fused-ring (bicyclic) bond motifs is 1. The molecule has 0 saturated carbocycles. The lowest BCUT2D eigenvalue weighted by molar-refractivity contribution is -0.114. The Kier molecular flexibility index (Phi) is 8.20. The van der Waals surface area contributed by atoms with Crippen LogP contribution >= 0.6 is 23.1 Å². The second-order valence-corrected chi connectivity index (χ2v) is 10.9. The first kappa shape index (κ1) is 27.1. The van der Waals surface area contributed by atoms with E-state index in [0.717, 1.165) is 21.3 Å². The van der Waals surface area contributed by atoms with Crippen LogP contribution in [0.5, 0.6) is 5.75 Å². The predicted molar refractivity (Wildman–Crippen MR) is 162 cm³/mol. The van der Waals surface area contributed by atoms with Crippen molar-refractivity contribution in [2.75, 3.05) is 23.5 Å². The number of thiophene rings is 1. The molecule has 0 fully saturated rings. The first-order chi connectivity index (χ1) is 19.5. The SMILES string of the molecule is COc1ccccc1NC(=O)C1=C(C)NC(SCC(=O)Nc2cccc3ccccc23)=C(C#N)[C@H]1c1cccs1. The van der Waals surface area contributed by atoms with E-state index in [1.54, 1.807) is 19.2 Å². The van der Waals surface area contributed by atoms with E-state index in [9.17, 15) is 14.9 Å². The molecule has 1 aliphatic rings. The molecule has 1 atom stereocenters. The van der Waals surface area contributed by atoms with Crippen molar-refractivity contribution in [2.45, 2.75) is 12.8 Å². The normalized spacial score (nSPS) is 14.9. The topological polar surface area (TPSA) is 103 Å².